The number of carbonyl (C=O) groups is 1. The van der Waals surface area contributed by atoms with Gasteiger partial charge in [0.1, 0.15) is 0 Å². The highest BCUT2D eigenvalue weighted by atomic mass is 28.4. The Morgan fingerprint density at radius 3 is 2.29 bits per heavy atom. The molecule has 21 heavy (non-hydrogen) atoms. The molecule has 5 nitrogen and oxygen atoms in total. The molecule has 6 heteroatoms. The molecule has 0 saturated carbocycles. The van der Waals surface area contributed by atoms with E-state index in [-0.39, 0.29) is 17.6 Å². The highest BCUT2D eigenvalue weighted by molar-refractivity contribution is 6.74. The maximum Gasteiger partial charge on any atom is 0.407 e. The first-order valence-corrected chi connectivity index (χ1v) is 10.3. The highest BCUT2D eigenvalue weighted by Gasteiger charge is 2.40. The molecule has 0 radical (unpaired) electrons. The Bertz CT molecular complexity index is 439. The first-order valence-electron chi connectivity index (χ1n) is 7.37. The molecule has 0 saturated heterocycles. The number of nitrogens with zero attached hydrogens (tertiary/aromatic N) is 1. The first-order chi connectivity index (χ1) is 9.38. The van der Waals surface area contributed by atoms with Gasteiger partial charge in [0, 0.05) is 0 Å². The van der Waals surface area contributed by atoms with E-state index in [1.54, 1.807) is 0 Å². The van der Waals surface area contributed by atoms with Gasteiger partial charge >= 0.3 is 6.09 Å². The van der Waals surface area contributed by atoms with Crippen molar-refractivity contribution in [2.24, 2.45) is 0 Å². The van der Waals surface area contributed by atoms with Crippen LogP contribution in [0.3, 0.4) is 0 Å². The lowest BCUT2D eigenvalue weighted by atomic mass is 9.94. The Labute approximate surface area is 128 Å². The third-order valence-electron chi connectivity index (χ3n) is 5.02. The predicted molar refractivity (Wildman–Crippen MR) is 86.0 cm³/mol. The molecule has 0 aromatic rings. The fourth-order valence-electron chi connectivity index (χ4n) is 2.14. The summed E-state index contributed by atoms with van der Waals surface area (Å²) in [6, 6.07) is -0.306. The summed E-state index contributed by atoms with van der Waals surface area (Å²) in [6.07, 6.45) is -1.73. The normalized spacial score (nSPS) is 24.5. The molecular formula is C15H29NO4Si. The Morgan fingerprint density at radius 2 is 1.86 bits per heavy atom. The molecule has 2 atom stereocenters. The summed E-state index contributed by atoms with van der Waals surface area (Å²) in [5.74, 6) is 0. The maximum absolute atomic E-state index is 11.4. The van der Waals surface area contributed by atoms with Crippen LogP contribution in [0.5, 0.6) is 0 Å². The number of hydrogen-bond acceptors (Lipinski definition) is 3. The topological polar surface area (TPSA) is 70.0 Å². The fraction of sp³-hybridized carbons (Fsp3) is 0.800. The van der Waals surface area contributed by atoms with E-state index < -0.39 is 20.5 Å². The number of rotatable bonds is 3. The van der Waals surface area contributed by atoms with Gasteiger partial charge in [-0.2, -0.15) is 0 Å². The smallest absolute Gasteiger partial charge is 0.407 e. The molecule has 0 aromatic heterocycles. The zero-order chi connectivity index (χ0) is 16.6. The summed E-state index contributed by atoms with van der Waals surface area (Å²) in [5.41, 5.74) is 1.76. The van der Waals surface area contributed by atoms with Gasteiger partial charge in [0.25, 0.3) is 0 Å². The minimum atomic E-state index is -1.93. The largest absolute Gasteiger partial charge is 0.465 e. The third kappa shape index (κ3) is 3.87. The monoisotopic (exact) mass is 315 g/mol. The average molecular weight is 315 g/mol. The minimum Gasteiger partial charge on any atom is -0.465 e. The van der Waals surface area contributed by atoms with Crippen molar-refractivity contribution in [3.05, 3.63) is 11.1 Å². The molecule has 1 rings (SSSR count). The summed E-state index contributed by atoms with van der Waals surface area (Å²) < 4.78 is 6.19. The second-order valence-electron chi connectivity index (χ2n) is 7.40. The molecule has 122 valence electrons. The van der Waals surface area contributed by atoms with Crippen LogP contribution in [0.25, 0.3) is 0 Å². The Kier molecular flexibility index (Phi) is 5.29. The Morgan fingerprint density at radius 1 is 1.33 bits per heavy atom. The van der Waals surface area contributed by atoms with Crippen molar-refractivity contribution in [2.75, 3.05) is 13.2 Å². The second-order valence-corrected chi connectivity index (χ2v) is 12.2. The summed E-state index contributed by atoms with van der Waals surface area (Å²) in [5, 5.41) is 19.4. The molecule has 0 bridgehead atoms. The van der Waals surface area contributed by atoms with E-state index in [1.165, 1.54) is 4.90 Å². The number of aliphatic hydroxyl groups is 1. The van der Waals surface area contributed by atoms with E-state index in [0.29, 0.717) is 6.61 Å². The van der Waals surface area contributed by atoms with E-state index in [1.807, 2.05) is 13.8 Å². The number of hydrogen-bond donors (Lipinski definition) is 2. The molecule has 2 unspecified atom stereocenters. The van der Waals surface area contributed by atoms with Crippen molar-refractivity contribution in [1.82, 2.24) is 4.90 Å². The SMILES string of the molecule is CC1=C(C)C(CO[Si](C)(C)C(C)(C)C)N(C(=O)O)CC1O. The van der Waals surface area contributed by atoms with Gasteiger partial charge in [0.2, 0.25) is 0 Å². The van der Waals surface area contributed by atoms with Crippen LogP contribution in [0.2, 0.25) is 18.1 Å². The van der Waals surface area contributed by atoms with Crippen molar-refractivity contribution in [1.29, 1.82) is 0 Å². The lowest BCUT2D eigenvalue weighted by Crippen LogP contribution is -2.53. The number of amides is 1. The maximum atomic E-state index is 11.4. The van der Waals surface area contributed by atoms with Gasteiger partial charge in [-0.25, -0.2) is 4.79 Å². The molecule has 1 amide bonds. The van der Waals surface area contributed by atoms with Crippen LogP contribution in [-0.2, 0) is 4.43 Å². The predicted octanol–water partition coefficient (Wildman–Crippen LogP) is 3.07. The van der Waals surface area contributed by atoms with Crippen LogP contribution < -0.4 is 0 Å². The van der Waals surface area contributed by atoms with Crippen LogP contribution in [0.1, 0.15) is 34.6 Å². The zero-order valence-corrected chi connectivity index (χ0v) is 15.2. The van der Waals surface area contributed by atoms with Crippen LogP contribution in [0, 0.1) is 0 Å². The van der Waals surface area contributed by atoms with Gasteiger partial charge in [-0.05, 0) is 43.1 Å². The summed E-state index contributed by atoms with van der Waals surface area (Å²) in [7, 11) is -1.93. The molecule has 1 aliphatic rings. The van der Waals surface area contributed by atoms with Gasteiger partial charge in [-0.1, -0.05) is 20.8 Å². The number of aliphatic hydroxyl groups excluding tert-OH is 1. The van der Waals surface area contributed by atoms with Gasteiger partial charge in [-0.3, -0.25) is 4.90 Å². The van der Waals surface area contributed by atoms with E-state index in [4.69, 9.17) is 4.43 Å². The highest BCUT2D eigenvalue weighted by Crippen LogP contribution is 2.37. The van der Waals surface area contributed by atoms with Crippen LogP contribution in [0.15, 0.2) is 11.1 Å². The van der Waals surface area contributed by atoms with Gasteiger partial charge in [0.05, 0.1) is 25.3 Å². The van der Waals surface area contributed by atoms with Gasteiger partial charge in [0.15, 0.2) is 8.32 Å². The minimum absolute atomic E-state index is 0.0852. The number of carboxylic acid groups (broad SMARTS) is 1. The molecule has 0 aliphatic carbocycles. The van der Waals surface area contributed by atoms with Crippen molar-refractivity contribution in [2.45, 2.75) is 64.9 Å². The molecular weight excluding hydrogens is 286 g/mol. The molecule has 2 N–H and O–H groups in total. The van der Waals surface area contributed by atoms with E-state index in [0.717, 1.165) is 11.1 Å². The molecule has 1 aliphatic heterocycles. The van der Waals surface area contributed by atoms with E-state index in [2.05, 4.69) is 33.9 Å². The molecule has 0 fully saturated rings. The number of β-amino-alcohol motifs (C(OH)–C–C–N with tert-alkyl or cyclic N) is 1. The van der Waals surface area contributed by atoms with Crippen LogP contribution >= 0.6 is 0 Å². The van der Waals surface area contributed by atoms with Gasteiger partial charge in [-0.15, -0.1) is 0 Å². The zero-order valence-electron chi connectivity index (χ0n) is 14.2. The molecule has 0 aromatic carbocycles. The molecule has 0 spiro atoms. The summed E-state index contributed by atoms with van der Waals surface area (Å²) in [6.45, 7) is 15.0. The standard InChI is InChI=1S/C15H29NO4Si/c1-10-11(2)13(17)8-16(14(18)19)12(10)9-20-21(6,7)15(3,4)5/h12-13,17H,8-9H2,1-7H3,(H,18,19). The first kappa shape index (κ1) is 18.2. The fourth-order valence-corrected chi connectivity index (χ4v) is 3.15. The van der Waals surface area contributed by atoms with Crippen LogP contribution in [0.4, 0.5) is 4.79 Å². The van der Waals surface area contributed by atoms with Crippen molar-refractivity contribution < 1.29 is 19.4 Å². The van der Waals surface area contributed by atoms with E-state index >= 15 is 0 Å². The van der Waals surface area contributed by atoms with Crippen molar-refractivity contribution >= 4 is 14.4 Å². The van der Waals surface area contributed by atoms with Crippen molar-refractivity contribution in [3.63, 3.8) is 0 Å². The van der Waals surface area contributed by atoms with Crippen molar-refractivity contribution in [3.8, 4) is 0 Å². The quantitative estimate of drug-likeness (QED) is 0.620. The third-order valence-corrected chi connectivity index (χ3v) is 9.52. The molecule has 1 heterocycles. The van der Waals surface area contributed by atoms with Gasteiger partial charge < -0.3 is 14.6 Å². The lowest BCUT2D eigenvalue weighted by Gasteiger charge is -2.41. The van der Waals surface area contributed by atoms with E-state index in [9.17, 15) is 15.0 Å². The summed E-state index contributed by atoms with van der Waals surface area (Å²) in [4.78, 5) is 12.7. The Hall–Kier alpha value is -0.853. The Balaban J connectivity index is 2.95. The summed E-state index contributed by atoms with van der Waals surface area (Å²) >= 11 is 0. The van der Waals surface area contributed by atoms with Crippen LogP contribution in [-0.4, -0.2) is 54.8 Å². The lowest BCUT2D eigenvalue weighted by molar-refractivity contribution is 0.0682. The average Bonchev–Trinajstić information content (AvgIpc) is 2.32. The second kappa shape index (κ2) is 6.10.